The maximum atomic E-state index is 12.6. The topological polar surface area (TPSA) is 61.6 Å². The van der Waals surface area contributed by atoms with Crippen molar-refractivity contribution >= 4 is 17.6 Å². The van der Waals surface area contributed by atoms with E-state index in [-0.39, 0.29) is 18.1 Å². The number of nitrogens with two attached hydrogens (primary N) is 1. The SMILES string of the molecule is CCNC(=O)N(Cc1cccc(Cl)c1)C1CCN(CC[C@@H](C)N)CC1. The number of halogens is 1. The second kappa shape index (κ2) is 10.00. The van der Waals surface area contributed by atoms with Crippen molar-refractivity contribution in [2.24, 2.45) is 5.73 Å². The number of benzene rings is 1. The van der Waals surface area contributed by atoms with Gasteiger partial charge in [-0.25, -0.2) is 4.79 Å². The molecule has 1 atom stereocenters. The van der Waals surface area contributed by atoms with Gasteiger partial charge in [-0.2, -0.15) is 0 Å². The standard InChI is InChI=1S/C19H31ClN4O/c1-3-22-19(25)24(14-16-5-4-6-17(20)13-16)18-8-11-23(12-9-18)10-7-15(2)21/h4-6,13,15,18H,3,7-12,14,21H2,1-2H3,(H,22,25)/t15-/m1/s1. The molecule has 1 aromatic carbocycles. The summed E-state index contributed by atoms with van der Waals surface area (Å²) in [5, 5.41) is 3.66. The average molecular weight is 367 g/mol. The molecule has 3 N–H and O–H groups in total. The predicted octanol–water partition coefficient (Wildman–Crippen LogP) is 3.07. The summed E-state index contributed by atoms with van der Waals surface area (Å²) in [6, 6.07) is 8.27. The fraction of sp³-hybridized carbons (Fsp3) is 0.632. The van der Waals surface area contributed by atoms with Crippen molar-refractivity contribution in [2.75, 3.05) is 26.2 Å². The summed E-state index contributed by atoms with van der Waals surface area (Å²) < 4.78 is 0. The summed E-state index contributed by atoms with van der Waals surface area (Å²) in [5.74, 6) is 0. The molecule has 0 saturated carbocycles. The van der Waals surface area contributed by atoms with Crippen LogP contribution < -0.4 is 11.1 Å². The normalized spacial score (nSPS) is 17.3. The highest BCUT2D eigenvalue weighted by atomic mass is 35.5. The van der Waals surface area contributed by atoms with Crippen LogP contribution in [-0.4, -0.2) is 54.1 Å². The largest absolute Gasteiger partial charge is 0.338 e. The van der Waals surface area contributed by atoms with Gasteiger partial charge in [-0.15, -0.1) is 0 Å². The van der Waals surface area contributed by atoms with E-state index in [1.54, 1.807) is 0 Å². The van der Waals surface area contributed by atoms with Crippen LogP contribution >= 0.6 is 11.6 Å². The van der Waals surface area contributed by atoms with Crippen LogP contribution in [0, 0.1) is 0 Å². The monoisotopic (exact) mass is 366 g/mol. The Labute approximate surface area is 156 Å². The second-order valence-electron chi connectivity index (χ2n) is 6.93. The number of carbonyl (C=O) groups excluding carboxylic acids is 1. The number of amides is 2. The Morgan fingerprint density at radius 2 is 2.16 bits per heavy atom. The summed E-state index contributed by atoms with van der Waals surface area (Å²) in [7, 11) is 0. The van der Waals surface area contributed by atoms with Crippen molar-refractivity contribution in [2.45, 2.75) is 51.7 Å². The van der Waals surface area contributed by atoms with Gasteiger partial charge in [0, 0.05) is 43.3 Å². The number of hydrogen-bond acceptors (Lipinski definition) is 3. The Bertz CT molecular complexity index is 544. The molecule has 0 aliphatic carbocycles. The number of nitrogens with zero attached hydrogens (tertiary/aromatic N) is 2. The zero-order chi connectivity index (χ0) is 18.2. The van der Waals surface area contributed by atoms with Crippen LogP contribution in [0.1, 0.15) is 38.7 Å². The quantitative estimate of drug-likeness (QED) is 0.779. The first-order chi connectivity index (χ1) is 12.0. The molecule has 1 fully saturated rings. The van der Waals surface area contributed by atoms with Gasteiger partial charge in [-0.3, -0.25) is 0 Å². The molecular formula is C19H31ClN4O. The number of nitrogens with one attached hydrogen (secondary N) is 1. The number of rotatable bonds is 7. The molecule has 1 heterocycles. The van der Waals surface area contributed by atoms with Crippen molar-refractivity contribution in [3.63, 3.8) is 0 Å². The first-order valence-corrected chi connectivity index (χ1v) is 9.64. The summed E-state index contributed by atoms with van der Waals surface area (Å²) >= 11 is 6.10. The maximum Gasteiger partial charge on any atom is 0.317 e. The zero-order valence-corrected chi connectivity index (χ0v) is 16.1. The van der Waals surface area contributed by atoms with Crippen LogP contribution in [0.4, 0.5) is 4.79 Å². The van der Waals surface area contributed by atoms with Gasteiger partial charge in [-0.05, 0) is 57.4 Å². The molecule has 140 valence electrons. The summed E-state index contributed by atoms with van der Waals surface area (Å²) in [5.41, 5.74) is 6.93. The number of urea groups is 1. The van der Waals surface area contributed by atoms with Gasteiger partial charge >= 0.3 is 6.03 Å². The summed E-state index contributed by atoms with van der Waals surface area (Å²) in [4.78, 5) is 17.0. The molecule has 1 aromatic rings. The van der Waals surface area contributed by atoms with Gasteiger partial charge in [0.05, 0.1) is 0 Å². The molecule has 5 nitrogen and oxygen atoms in total. The van der Waals surface area contributed by atoms with E-state index in [0.717, 1.165) is 44.5 Å². The molecule has 0 radical (unpaired) electrons. The predicted molar refractivity (Wildman–Crippen MR) is 104 cm³/mol. The number of likely N-dealkylation sites (tertiary alicyclic amines) is 1. The van der Waals surface area contributed by atoms with Crippen molar-refractivity contribution in [3.8, 4) is 0 Å². The number of carbonyl (C=O) groups is 1. The average Bonchev–Trinajstić information content (AvgIpc) is 2.58. The third kappa shape index (κ3) is 6.49. The first kappa shape index (κ1) is 20.0. The fourth-order valence-electron chi connectivity index (χ4n) is 3.29. The van der Waals surface area contributed by atoms with Crippen LogP contribution in [0.3, 0.4) is 0 Å². The van der Waals surface area contributed by atoms with Gasteiger partial charge in [-0.1, -0.05) is 23.7 Å². The molecule has 25 heavy (non-hydrogen) atoms. The van der Waals surface area contributed by atoms with Crippen LogP contribution in [-0.2, 0) is 6.54 Å². The molecule has 0 bridgehead atoms. The van der Waals surface area contributed by atoms with Crippen LogP contribution in [0.25, 0.3) is 0 Å². The lowest BCUT2D eigenvalue weighted by molar-refractivity contribution is 0.115. The Morgan fingerprint density at radius 1 is 1.44 bits per heavy atom. The third-order valence-corrected chi connectivity index (χ3v) is 4.96. The van der Waals surface area contributed by atoms with E-state index in [1.165, 1.54) is 0 Å². The van der Waals surface area contributed by atoms with Gasteiger partial charge < -0.3 is 20.9 Å². The molecule has 0 unspecified atom stereocenters. The molecule has 2 rings (SSSR count). The molecule has 6 heteroatoms. The third-order valence-electron chi connectivity index (χ3n) is 4.73. The van der Waals surface area contributed by atoms with Crippen molar-refractivity contribution in [3.05, 3.63) is 34.9 Å². The van der Waals surface area contributed by atoms with Crippen molar-refractivity contribution in [1.29, 1.82) is 0 Å². The molecule has 2 amide bonds. The van der Waals surface area contributed by atoms with Crippen molar-refractivity contribution in [1.82, 2.24) is 15.1 Å². The number of piperidine rings is 1. The first-order valence-electron chi connectivity index (χ1n) is 9.26. The van der Waals surface area contributed by atoms with Crippen molar-refractivity contribution < 1.29 is 4.79 Å². The molecule has 1 aliphatic heterocycles. The smallest absolute Gasteiger partial charge is 0.317 e. The fourth-order valence-corrected chi connectivity index (χ4v) is 3.51. The van der Waals surface area contributed by atoms with Gasteiger partial charge in [0.25, 0.3) is 0 Å². The summed E-state index contributed by atoms with van der Waals surface area (Å²) in [6.45, 7) is 8.31. The lowest BCUT2D eigenvalue weighted by Crippen LogP contribution is -2.50. The minimum atomic E-state index is 0.0107. The minimum Gasteiger partial charge on any atom is -0.338 e. The Hall–Kier alpha value is -1.30. The lowest BCUT2D eigenvalue weighted by Gasteiger charge is -2.38. The van der Waals surface area contributed by atoms with E-state index < -0.39 is 0 Å². The van der Waals surface area contributed by atoms with E-state index in [2.05, 4.69) is 17.1 Å². The molecule has 1 saturated heterocycles. The van der Waals surface area contributed by atoms with Gasteiger partial charge in [0.2, 0.25) is 0 Å². The second-order valence-corrected chi connectivity index (χ2v) is 7.37. The van der Waals surface area contributed by atoms with Gasteiger partial charge in [0.15, 0.2) is 0 Å². The van der Waals surface area contributed by atoms with Crippen LogP contribution in [0.5, 0.6) is 0 Å². The van der Waals surface area contributed by atoms with Crippen LogP contribution in [0.2, 0.25) is 5.02 Å². The van der Waals surface area contributed by atoms with E-state index in [4.69, 9.17) is 17.3 Å². The highest BCUT2D eigenvalue weighted by Crippen LogP contribution is 2.21. The van der Waals surface area contributed by atoms with Crippen LogP contribution in [0.15, 0.2) is 24.3 Å². The minimum absolute atomic E-state index is 0.0107. The van der Waals surface area contributed by atoms with E-state index in [1.807, 2.05) is 36.1 Å². The molecule has 0 spiro atoms. The zero-order valence-electron chi connectivity index (χ0n) is 15.4. The number of hydrogen-bond donors (Lipinski definition) is 2. The highest BCUT2D eigenvalue weighted by molar-refractivity contribution is 6.30. The highest BCUT2D eigenvalue weighted by Gasteiger charge is 2.27. The Kier molecular flexibility index (Phi) is 8.00. The van der Waals surface area contributed by atoms with E-state index >= 15 is 0 Å². The maximum absolute atomic E-state index is 12.6. The summed E-state index contributed by atoms with van der Waals surface area (Å²) in [6.07, 6.45) is 3.01. The van der Waals surface area contributed by atoms with Gasteiger partial charge in [0.1, 0.15) is 0 Å². The molecular weight excluding hydrogens is 336 g/mol. The molecule has 0 aromatic heterocycles. The van der Waals surface area contributed by atoms with E-state index in [9.17, 15) is 4.79 Å². The lowest BCUT2D eigenvalue weighted by atomic mass is 10.0. The Balaban J connectivity index is 1.98. The molecule has 1 aliphatic rings. The Morgan fingerprint density at radius 3 is 2.76 bits per heavy atom. The van der Waals surface area contributed by atoms with E-state index in [0.29, 0.717) is 18.1 Å².